The van der Waals surface area contributed by atoms with E-state index in [0.29, 0.717) is 19.4 Å². The summed E-state index contributed by atoms with van der Waals surface area (Å²) in [4.78, 5) is 15.3. The molecule has 0 aliphatic heterocycles. The largest absolute Gasteiger partial charge is 0.469 e. The lowest BCUT2D eigenvalue weighted by Gasteiger charge is -2.03. The Morgan fingerprint density at radius 2 is 2.07 bits per heavy atom. The van der Waals surface area contributed by atoms with E-state index in [0.717, 1.165) is 11.4 Å². The van der Waals surface area contributed by atoms with Gasteiger partial charge in [-0.15, -0.1) is 0 Å². The number of esters is 1. The quantitative estimate of drug-likeness (QED) is 0.686. The summed E-state index contributed by atoms with van der Waals surface area (Å²) in [7, 11) is 3.01. The van der Waals surface area contributed by atoms with Crippen molar-refractivity contribution in [3.63, 3.8) is 0 Å². The number of rotatable bonds is 5. The molecule has 0 spiro atoms. The average molecular weight is 209 g/mol. The third-order valence-corrected chi connectivity index (χ3v) is 1.97. The molecular weight excluding hydrogens is 194 g/mol. The summed E-state index contributed by atoms with van der Waals surface area (Å²) in [6.45, 7) is 0.492. The molecule has 1 aromatic rings. The Morgan fingerprint density at radius 1 is 1.33 bits per heavy atom. The van der Waals surface area contributed by atoms with Crippen LogP contribution in [0.15, 0.2) is 18.2 Å². The van der Waals surface area contributed by atoms with E-state index < -0.39 is 0 Å². The van der Waals surface area contributed by atoms with Crippen molar-refractivity contribution in [3.05, 3.63) is 29.6 Å². The molecule has 0 bridgehead atoms. The van der Waals surface area contributed by atoms with E-state index >= 15 is 0 Å². The number of pyridine rings is 1. The molecule has 0 amide bonds. The summed E-state index contributed by atoms with van der Waals surface area (Å²) in [5.74, 6) is -0.214. The van der Waals surface area contributed by atoms with Crippen LogP contribution < -0.4 is 0 Å². The number of ether oxygens (including phenoxy) is 2. The molecule has 0 N–H and O–H groups in total. The van der Waals surface area contributed by atoms with Gasteiger partial charge in [0.15, 0.2) is 0 Å². The molecule has 4 heteroatoms. The van der Waals surface area contributed by atoms with Gasteiger partial charge in [0, 0.05) is 19.2 Å². The van der Waals surface area contributed by atoms with Crippen molar-refractivity contribution in [2.24, 2.45) is 0 Å². The van der Waals surface area contributed by atoms with E-state index in [1.54, 1.807) is 7.11 Å². The molecule has 0 atom stereocenters. The SMILES string of the molecule is COCc1cccc(CCC(=O)OC)n1. The van der Waals surface area contributed by atoms with Crippen LogP contribution in [0.4, 0.5) is 0 Å². The number of hydrogen-bond donors (Lipinski definition) is 0. The standard InChI is InChI=1S/C11H15NO3/c1-14-8-10-5-3-4-9(12-10)6-7-11(13)15-2/h3-5H,6-8H2,1-2H3. The maximum absolute atomic E-state index is 10.9. The monoisotopic (exact) mass is 209 g/mol. The summed E-state index contributed by atoms with van der Waals surface area (Å²) in [6.07, 6.45) is 0.962. The van der Waals surface area contributed by atoms with Crippen molar-refractivity contribution in [2.45, 2.75) is 19.4 Å². The molecule has 0 aliphatic rings. The van der Waals surface area contributed by atoms with Crippen LogP contribution in [0.2, 0.25) is 0 Å². The van der Waals surface area contributed by atoms with E-state index in [1.165, 1.54) is 7.11 Å². The molecule has 4 nitrogen and oxygen atoms in total. The van der Waals surface area contributed by atoms with Crippen LogP contribution >= 0.6 is 0 Å². The molecule has 15 heavy (non-hydrogen) atoms. The first-order chi connectivity index (χ1) is 7.26. The number of aryl methyl sites for hydroxylation is 1. The van der Waals surface area contributed by atoms with Crippen LogP contribution in [-0.2, 0) is 27.3 Å². The van der Waals surface area contributed by atoms with E-state index in [2.05, 4.69) is 9.72 Å². The predicted octanol–water partition coefficient (Wildman–Crippen LogP) is 1.33. The highest BCUT2D eigenvalue weighted by Crippen LogP contribution is 2.04. The fourth-order valence-electron chi connectivity index (χ4n) is 1.23. The third-order valence-electron chi connectivity index (χ3n) is 1.97. The molecule has 0 aliphatic carbocycles. The highest BCUT2D eigenvalue weighted by molar-refractivity contribution is 5.69. The molecule has 0 saturated heterocycles. The second-order valence-electron chi connectivity index (χ2n) is 3.13. The third kappa shape index (κ3) is 4.08. The molecule has 1 rings (SSSR count). The first-order valence-electron chi connectivity index (χ1n) is 4.77. The Kier molecular flexibility index (Phi) is 4.77. The Morgan fingerprint density at radius 3 is 2.73 bits per heavy atom. The zero-order valence-electron chi connectivity index (χ0n) is 9.03. The molecule has 0 saturated carbocycles. The van der Waals surface area contributed by atoms with Gasteiger partial charge in [-0.05, 0) is 12.1 Å². The minimum atomic E-state index is -0.214. The highest BCUT2D eigenvalue weighted by Gasteiger charge is 2.03. The molecule has 0 aromatic carbocycles. The average Bonchev–Trinajstić information content (AvgIpc) is 2.27. The molecule has 1 heterocycles. The van der Waals surface area contributed by atoms with Crippen LogP contribution in [0.3, 0.4) is 0 Å². The summed E-state index contributed by atoms with van der Waals surface area (Å²) >= 11 is 0. The van der Waals surface area contributed by atoms with Crippen LogP contribution in [-0.4, -0.2) is 25.2 Å². The summed E-state index contributed by atoms with van der Waals surface area (Å²) in [6, 6.07) is 5.70. The second-order valence-corrected chi connectivity index (χ2v) is 3.13. The smallest absolute Gasteiger partial charge is 0.305 e. The Hall–Kier alpha value is -1.42. The van der Waals surface area contributed by atoms with Gasteiger partial charge in [-0.2, -0.15) is 0 Å². The molecule has 0 radical (unpaired) electrons. The number of nitrogens with zero attached hydrogens (tertiary/aromatic N) is 1. The Balaban J connectivity index is 2.53. The summed E-state index contributed by atoms with van der Waals surface area (Å²) < 4.78 is 9.53. The van der Waals surface area contributed by atoms with Gasteiger partial charge in [0.25, 0.3) is 0 Å². The zero-order chi connectivity index (χ0) is 11.1. The van der Waals surface area contributed by atoms with E-state index in [9.17, 15) is 4.79 Å². The normalized spacial score (nSPS) is 10.0. The van der Waals surface area contributed by atoms with Crippen molar-refractivity contribution in [1.82, 2.24) is 4.98 Å². The number of carbonyl (C=O) groups is 1. The lowest BCUT2D eigenvalue weighted by atomic mass is 10.2. The van der Waals surface area contributed by atoms with Gasteiger partial charge >= 0.3 is 5.97 Å². The highest BCUT2D eigenvalue weighted by atomic mass is 16.5. The van der Waals surface area contributed by atoms with Crippen molar-refractivity contribution in [1.29, 1.82) is 0 Å². The number of carbonyl (C=O) groups excluding carboxylic acids is 1. The molecule has 0 unspecified atom stereocenters. The van der Waals surface area contributed by atoms with Gasteiger partial charge in [0.2, 0.25) is 0 Å². The minimum absolute atomic E-state index is 0.214. The fourth-order valence-corrected chi connectivity index (χ4v) is 1.23. The van der Waals surface area contributed by atoms with E-state index in [4.69, 9.17) is 4.74 Å². The number of aromatic nitrogens is 1. The second kappa shape index (κ2) is 6.14. The van der Waals surface area contributed by atoms with Crippen molar-refractivity contribution >= 4 is 5.97 Å². The number of methoxy groups -OCH3 is 2. The van der Waals surface area contributed by atoms with Crippen molar-refractivity contribution in [3.8, 4) is 0 Å². The molecule has 82 valence electrons. The van der Waals surface area contributed by atoms with Crippen molar-refractivity contribution < 1.29 is 14.3 Å². The topological polar surface area (TPSA) is 48.4 Å². The van der Waals surface area contributed by atoms with Gasteiger partial charge in [-0.25, -0.2) is 0 Å². The molecular formula is C11H15NO3. The lowest BCUT2D eigenvalue weighted by Crippen LogP contribution is -2.04. The Bertz CT molecular complexity index is 325. The van der Waals surface area contributed by atoms with Crippen LogP contribution in [0.5, 0.6) is 0 Å². The van der Waals surface area contributed by atoms with Gasteiger partial charge in [-0.3, -0.25) is 9.78 Å². The predicted molar refractivity (Wildman–Crippen MR) is 55.3 cm³/mol. The summed E-state index contributed by atoms with van der Waals surface area (Å²) in [5.41, 5.74) is 1.76. The summed E-state index contributed by atoms with van der Waals surface area (Å²) in [5, 5.41) is 0. The van der Waals surface area contributed by atoms with Crippen LogP contribution in [0, 0.1) is 0 Å². The van der Waals surface area contributed by atoms with Crippen LogP contribution in [0.25, 0.3) is 0 Å². The first-order valence-corrected chi connectivity index (χ1v) is 4.77. The van der Waals surface area contributed by atoms with Gasteiger partial charge in [-0.1, -0.05) is 6.07 Å². The Labute approximate surface area is 89.2 Å². The van der Waals surface area contributed by atoms with Gasteiger partial charge < -0.3 is 9.47 Å². The van der Waals surface area contributed by atoms with Crippen LogP contribution in [0.1, 0.15) is 17.8 Å². The molecule has 0 fully saturated rings. The maximum Gasteiger partial charge on any atom is 0.305 e. The van der Waals surface area contributed by atoms with Crippen molar-refractivity contribution in [2.75, 3.05) is 14.2 Å². The zero-order valence-corrected chi connectivity index (χ0v) is 9.03. The van der Waals surface area contributed by atoms with E-state index in [-0.39, 0.29) is 5.97 Å². The lowest BCUT2D eigenvalue weighted by molar-refractivity contribution is -0.140. The van der Waals surface area contributed by atoms with E-state index in [1.807, 2.05) is 18.2 Å². The maximum atomic E-state index is 10.9. The first kappa shape index (κ1) is 11.7. The van der Waals surface area contributed by atoms with Gasteiger partial charge in [0.1, 0.15) is 0 Å². The number of hydrogen-bond acceptors (Lipinski definition) is 4. The molecule has 1 aromatic heterocycles. The fraction of sp³-hybridized carbons (Fsp3) is 0.455. The minimum Gasteiger partial charge on any atom is -0.469 e. The van der Waals surface area contributed by atoms with Gasteiger partial charge in [0.05, 0.1) is 25.8 Å².